The highest BCUT2D eigenvalue weighted by molar-refractivity contribution is 6.10. The Morgan fingerprint density at radius 1 is 1.24 bits per heavy atom. The molecule has 0 saturated carbocycles. The molecule has 3 rings (SSSR count). The van der Waals surface area contributed by atoms with Crippen molar-refractivity contribution in [2.24, 2.45) is 11.5 Å². The Morgan fingerprint density at radius 3 is 2.62 bits per heavy atom. The van der Waals surface area contributed by atoms with E-state index in [1.807, 2.05) is 28.8 Å². The number of nitrogen functional groups attached to an aromatic ring is 1. The summed E-state index contributed by atoms with van der Waals surface area (Å²) in [7, 11) is 0. The fraction of sp³-hybridized carbons (Fsp3) is 0.143. The second-order valence-electron chi connectivity index (χ2n) is 4.61. The molecule has 0 aliphatic rings. The van der Waals surface area contributed by atoms with E-state index in [0.29, 0.717) is 13.1 Å². The van der Waals surface area contributed by atoms with Crippen molar-refractivity contribution in [2.75, 3.05) is 12.3 Å². The number of hydrogen-bond acceptors (Lipinski definition) is 4. The van der Waals surface area contributed by atoms with Crippen LogP contribution in [-0.2, 0) is 6.54 Å². The van der Waals surface area contributed by atoms with Gasteiger partial charge in [0.2, 0.25) is 0 Å². The van der Waals surface area contributed by atoms with E-state index in [9.17, 15) is 4.79 Å². The number of primary amides is 1. The fourth-order valence-corrected chi connectivity index (χ4v) is 2.52. The summed E-state index contributed by atoms with van der Waals surface area (Å²) in [5.41, 5.74) is 18.8. The number of carbonyl (C=O) groups excluding carboxylic acids is 1. The Balaban J connectivity index is 0.00000161. The van der Waals surface area contributed by atoms with Gasteiger partial charge in [-0.1, -0.05) is 18.2 Å². The molecular formula is C14H16ClN5O. The molecule has 0 atom stereocenters. The molecule has 1 amide bonds. The molecule has 21 heavy (non-hydrogen) atoms. The first kappa shape index (κ1) is 15.1. The molecule has 2 aromatic heterocycles. The van der Waals surface area contributed by atoms with Crippen LogP contribution in [0.4, 0.5) is 5.82 Å². The van der Waals surface area contributed by atoms with Crippen LogP contribution in [-0.4, -0.2) is 22.0 Å². The summed E-state index contributed by atoms with van der Waals surface area (Å²) in [6.07, 6.45) is 0. The minimum atomic E-state index is -0.576. The molecule has 6 N–H and O–H groups in total. The number of anilines is 1. The number of aromatic nitrogens is 2. The number of pyridine rings is 1. The Morgan fingerprint density at radius 2 is 1.95 bits per heavy atom. The van der Waals surface area contributed by atoms with E-state index < -0.39 is 5.91 Å². The number of nitrogens with zero attached hydrogens (tertiary/aromatic N) is 2. The summed E-state index contributed by atoms with van der Waals surface area (Å²) in [5.74, 6) is -0.432. The van der Waals surface area contributed by atoms with Crippen LogP contribution in [0.25, 0.3) is 21.9 Å². The van der Waals surface area contributed by atoms with E-state index in [1.165, 1.54) is 0 Å². The van der Waals surface area contributed by atoms with Crippen LogP contribution in [0.5, 0.6) is 0 Å². The van der Waals surface area contributed by atoms with Gasteiger partial charge in [0.25, 0.3) is 5.91 Å². The van der Waals surface area contributed by atoms with E-state index in [0.717, 1.165) is 21.9 Å². The van der Waals surface area contributed by atoms with Crippen molar-refractivity contribution in [1.82, 2.24) is 9.55 Å². The molecule has 6 nitrogen and oxygen atoms in total. The molecule has 3 aromatic rings. The Bertz CT molecular complexity index is 827. The molecule has 0 radical (unpaired) electrons. The van der Waals surface area contributed by atoms with Gasteiger partial charge in [0.1, 0.15) is 11.5 Å². The van der Waals surface area contributed by atoms with Gasteiger partial charge < -0.3 is 21.8 Å². The first-order valence-electron chi connectivity index (χ1n) is 6.31. The van der Waals surface area contributed by atoms with Crippen LogP contribution in [0.3, 0.4) is 0 Å². The maximum Gasteiger partial charge on any atom is 0.252 e. The normalized spacial score (nSPS) is 10.7. The largest absolute Gasteiger partial charge is 0.383 e. The van der Waals surface area contributed by atoms with Gasteiger partial charge in [-0.15, -0.1) is 12.4 Å². The Labute approximate surface area is 127 Å². The van der Waals surface area contributed by atoms with Crippen molar-refractivity contribution in [2.45, 2.75) is 6.54 Å². The molecule has 0 bridgehead atoms. The summed E-state index contributed by atoms with van der Waals surface area (Å²) in [5, 5.41) is 1.86. The third-order valence-electron chi connectivity index (χ3n) is 3.39. The van der Waals surface area contributed by atoms with Crippen molar-refractivity contribution >= 4 is 46.1 Å². The smallest absolute Gasteiger partial charge is 0.252 e. The summed E-state index contributed by atoms with van der Waals surface area (Å²) in [6, 6.07) is 9.57. The number of carbonyl (C=O) groups is 1. The van der Waals surface area contributed by atoms with Gasteiger partial charge in [-0.05, 0) is 12.1 Å². The summed E-state index contributed by atoms with van der Waals surface area (Å²) >= 11 is 0. The van der Waals surface area contributed by atoms with Crippen LogP contribution < -0.4 is 17.2 Å². The topological polar surface area (TPSA) is 113 Å². The lowest BCUT2D eigenvalue weighted by molar-refractivity contribution is 0.100. The molecular weight excluding hydrogens is 290 g/mol. The predicted octanol–water partition coefficient (Wildman–Crippen LogP) is 1.25. The van der Waals surface area contributed by atoms with Crippen LogP contribution in [0.15, 0.2) is 30.3 Å². The summed E-state index contributed by atoms with van der Waals surface area (Å²) in [4.78, 5) is 15.7. The number of benzene rings is 1. The molecule has 0 unspecified atom stereocenters. The first-order valence-corrected chi connectivity index (χ1v) is 6.31. The molecule has 110 valence electrons. The molecule has 1 aromatic carbocycles. The lowest BCUT2D eigenvalue weighted by Crippen LogP contribution is -2.15. The van der Waals surface area contributed by atoms with Crippen molar-refractivity contribution < 1.29 is 4.79 Å². The summed E-state index contributed by atoms with van der Waals surface area (Å²) < 4.78 is 2.01. The van der Waals surface area contributed by atoms with E-state index >= 15 is 0 Å². The summed E-state index contributed by atoms with van der Waals surface area (Å²) in [6.45, 7) is 1.12. The van der Waals surface area contributed by atoms with Gasteiger partial charge in [-0.2, -0.15) is 0 Å². The Kier molecular flexibility index (Phi) is 4.02. The lowest BCUT2D eigenvalue weighted by Gasteiger charge is -2.06. The SMILES string of the molecule is Cl.NCCn1c2ccccc2c2cc(C(N)=O)c(N)nc21. The second kappa shape index (κ2) is 5.59. The van der Waals surface area contributed by atoms with Crippen LogP contribution in [0, 0.1) is 0 Å². The van der Waals surface area contributed by atoms with E-state index in [-0.39, 0.29) is 23.8 Å². The molecule has 2 heterocycles. The van der Waals surface area contributed by atoms with Gasteiger partial charge in [0, 0.05) is 23.9 Å². The number of hydrogen-bond donors (Lipinski definition) is 3. The second-order valence-corrected chi connectivity index (χ2v) is 4.61. The van der Waals surface area contributed by atoms with Gasteiger partial charge in [-0.3, -0.25) is 4.79 Å². The van der Waals surface area contributed by atoms with Crippen molar-refractivity contribution in [3.05, 3.63) is 35.9 Å². The minimum Gasteiger partial charge on any atom is -0.383 e. The number of rotatable bonds is 3. The van der Waals surface area contributed by atoms with Gasteiger partial charge in [-0.25, -0.2) is 4.98 Å². The van der Waals surface area contributed by atoms with Crippen LogP contribution in [0.2, 0.25) is 0 Å². The van der Waals surface area contributed by atoms with E-state index in [1.54, 1.807) is 6.07 Å². The van der Waals surface area contributed by atoms with Crippen molar-refractivity contribution in [3.8, 4) is 0 Å². The molecule has 0 fully saturated rings. The standard InChI is InChI=1S/C14H15N5O.ClH/c15-5-6-19-11-4-2-1-3-8(11)9-7-10(13(17)20)12(16)18-14(9)19;/h1-4,7H,5-6,15H2,(H2,16,18)(H2,17,20);1H. The monoisotopic (exact) mass is 305 g/mol. The van der Waals surface area contributed by atoms with Crippen molar-refractivity contribution in [3.63, 3.8) is 0 Å². The average Bonchev–Trinajstić information content (AvgIpc) is 2.72. The first-order chi connectivity index (χ1) is 9.63. The number of fused-ring (bicyclic) bond motifs is 3. The Hall–Kier alpha value is -2.31. The van der Waals surface area contributed by atoms with E-state index in [4.69, 9.17) is 17.2 Å². The molecule has 0 aliphatic carbocycles. The average molecular weight is 306 g/mol. The molecule has 0 saturated heterocycles. The highest BCUT2D eigenvalue weighted by Crippen LogP contribution is 2.29. The van der Waals surface area contributed by atoms with Crippen LogP contribution >= 0.6 is 12.4 Å². The molecule has 0 spiro atoms. The number of amides is 1. The quantitative estimate of drug-likeness (QED) is 0.675. The zero-order chi connectivity index (χ0) is 14.3. The van der Waals surface area contributed by atoms with Crippen LogP contribution in [0.1, 0.15) is 10.4 Å². The lowest BCUT2D eigenvalue weighted by atomic mass is 10.1. The zero-order valence-electron chi connectivity index (χ0n) is 11.2. The predicted molar refractivity (Wildman–Crippen MR) is 86.5 cm³/mol. The van der Waals surface area contributed by atoms with Gasteiger partial charge >= 0.3 is 0 Å². The number of halogens is 1. The third kappa shape index (κ3) is 2.28. The number of para-hydroxylation sites is 1. The molecule has 7 heteroatoms. The number of nitrogens with two attached hydrogens (primary N) is 3. The maximum absolute atomic E-state index is 11.4. The van der Waals surface area contributed by atoms with E-state index in [2.05, 4.69) is 4.98 Å². The zero-order valence-corrected chi connectivity index (χ0v) is 12.1. The van der Waals surface area contributed by atoms with Gasteiger partial charge in [0.05, 0.1) is 11.1 Å². The molecule has 0 aliphatic heterocycles. The van der Waals surface area contributed by atoms with Gasteiger partial charge in [0.15, 0.2) is 0 Å². The van der Waals surface area contributed by atoms with Crippen molar-refractivity contribution in [1.29, 1.82) is 0 Å². The fourth-order valence-electron chi connectivity index (χ4n) is 2.52. The minimum absolute atomic E-state index is 0. The highest BCUT2D eigenvalue weighted by atomic mass is 35.5. The third-order valence-corrected chi connectivity index (χ3v) is 3.39. The highest BCUT2D eigenvalue weighted by Gasteiger charge is 2.16. The maximum atomic E-state index is 11.4.